The first-order valence-corrected chi connectivity index (χ1v) is 11.4. The van der Waals surface area contributed by atoms with Crippen LogP contribution in [0.1, 0.15) is 57.1 Å². The molecule has 2 aromatic rings. The largest absolute Gasteiger partial charge is 0.455 e. The highest BCUT2D eigenvalue weighted by Crippen LogP contribution is 2.29. The van der Waals surface area contributed by atoms with Crippen molar-refractivity contribution in [3.63, 3.8) is 0 Å². The summed E-state index contributed by atoms with van der Waals surface area (Å²) in [5.41, 5.74) is 4.47. The number of hydrogen-bond acceptors (Lipinski definition) is 6. The van der Waals surface area contributed by atoms with Gasteiger partial charge in [0.2, 0.25) is 0 Å². The molecule has 0 unspecified atom stereocenters. The number of furan rings is 1. The highest BCUT2D eigenvalue weighted by atomic mass is 19.1. The molecule has 2 N–H and O–H groups in total. The molecule has 33 heavy (non-hydrogen) atoms. The van der Waals surface area contributed by atoms with Gasteiger partial charge in [-0.2, -0.15) is 5.10 Å². The van der Waals surface area contributed by atoms with E-state index in [1.807, 2.05) is 6.92 Å². The molecule has 9 heteroatoms. The second-order valence-corrected chi connectivity index (χ2v) is 8.25. The van der Waals surface area contributed by atoms with Gasteiger partial charge in [-0.1, -0.05) is 12.1 Å². The molecule has 176 valence electrons. The van der Waals surface area contributed by atoms with Crippen LogP contribution in [0.3, 0.4) is 0 Å². The molecule has 1 saturated heterocycles. The second-order valence-electron chi connectivity index (χ2n) is 8.25. The minimum atomic E-state index is -0.618. The molecule has 1 aliphatic carbocycles. The van der Waals surface area contributed by atoms with Crippen LogP contribution in [0.2, 0.25) is 0 Å². The Bertz CT molecular complexity index is 1040. The number of rotatable bonds is 7. The maximum absolute atomic E-state index is 13.9. The van der Waals surface area contributed by atoms with Gasteiger partial charge >= 0.3 is 0 Å². The van der Waals surface area contributed by atoms with Gasteiger partial charge in [-0.25, -0.2) is 9.82 Å². The van der Waals surface area contributed by atoms with Gasteiger partial charge in [0.1, 0.15) is 11.6 Å². The van der Waals surface area contributed by atoms with Crippen molar-refractivity contribution in [2.24, 2.45) is 5.10 Å². The maximum Gasteiger partial charge on any atom is 0.287 e. The van der Waals surface area contributed by atoms with E-state index in [1.165, 1.54) is 18.2 Å². The molecular weight excluding hydrogens is 427 g/mol. The Morgan fingerprint density at radius 3 is 2.73 bits per heavy atom. The zero-order valence-electron chi connectivity index (χ0n) is 18.8. The third kappa shape index (κ3) is 5.48. The third-order valence-corrected chi connectivity index (χ3v) is 5.98. The first-order valence-electron chi connectivity index (χ1n) is 11.4. The molecule has 2 amide bonds. The Hall–Kier alpha value is -3.04. The molecule has 1 fully saturated rings. The van der Waals surface area contributed by atoms with Crippen LogP contribution in [-0.2, 0) is 11.2 Å². The lowest BCUT2D eigenvalue weighted by Crippen LogP contribution is -2.38. The molecule has 0 radical (unpaired) electrons. The summed E-state index contributed by atoms with van der Waals surface area (Å²) in [7, 11) is 0. The highest BCUT2D eigenvalue weighted by Gasteiger charge is 2.28. The first-order chi connectivity index (χ1) is 16.0. The number of amides is 2. The van der Waals surface area contributed by atoms with E-state index < -0.39 is 11.7 Å². The number of ether oxygens (including phenoxy) is 1. The number of halogens is 1. The molecule has 2 aliphatic rings. The van der Waals surface area contributed by atoms with Crippen LogP contribution < -0.4 is 10.7 Å². The third-order valence-electron chi connectivity index (χ3n) is 5.98. The summed E-state index contributed by atoms with van der Waals surface area (Å²) in [6.07, 6.45) is 2.96. The monoisotopic (exact) mass is 456 g/mol. The van der Waals surface area contributed by atoms with Crippen LogP contribution in [0.5, 0.6) is 0 Å². The molecule has 0 saturated carbocycles. The minimum absolute atomic E-state index is 0.0704. The number of carbonyl (C=O) groups is 2. The lowest BCUT2D eigenvalue weighted by molar-refractivity contribution is 0.0374. The Labute approximate surface area is 192 Å². The fraction of sp³-hybridized carbons (Fsp3) is 0.458. The van der Waals surface area contributed by atoms with E-state index in [2.05, 4.69) is 20.7 Å². The minimum Gasteiger partial charge on any atom is -0.455 e. The number of nitrogens with one attached hydrogen (secondary N) is 2. The Morgan fingerprint density at radius 1 is 1.15 bits per heavy atom. The number of fused-ring (bicyclic) bond motifs is 1. The molecule has 8 nitrogen and oxygen atoms in total. The van der Waals surface area contributed by atoms with Crippen molar-refractivity contribution >= 4 is 17.5 Å². The number of hydrogen-bond donors (Lipinski definition) is 2. The summed E-state index contributed by atoms with van der Waals surface area (Å²) in [6, 6.07) is 5.75. The number of carbonyl (C=O) groups excluding carboxylic acids is 2. The average Bonchev–Trinajstić information content (AvgIpc) is 3.18. The summed E-state index contributed by atoms with van der Waals surface area (Å²) in [5.74, 6) is -0.505. The predicted molar refractivity (Wildman–Crippen MR) is 121 cm³/mol. The first kappa shape index (κ1) is 23.1. The summed E-state index contributed by atoms with van der Waals surface area (Å²) in [5, 5.41) is 7.19. The fourth-order valence-electron chi connectivity index (χ4n) is 4.23. The van der Waals surface area contributed by atoms with Crippen molar-refractivity contribution in [2.45, 2.75) is 32.6 Å². The number of morpholine rings is 1. The van der Waals surface area contributed by atoms with E-state index in [4.69, 9.17) is 9.15 Å². The quantitative estimate of drug-likeness (QED) is 0.493. The van der Waals surface area contributed by atoms with Gasteiger partial charge in [-0.05, 0) is 44.9 Å². The summed E-state index contributed by atoms with van der Waals surface area (Å²) >= 11 is 0. The van der Waals surface area contributed by atoms with Crippen LogP contribution in [0.4, 0.5) is 4.39 Å². The van der Waals surface area contributed by atoms with Gasteiger partial charge < -0.3 is 14.5 Å². The Balaban J connectivity index is 1.39. The van der Waals surface area contributed by atoms with Crippen molar-refractivity contribution in [2.75, 3.05) is 39.4 Å². The zero-order chi connectivity index (χ0) is 23.2. The average molecular weight is 457 g/mol. The molecule has 2 heterocycles. The normalized spacial score (nSPS) is 17.6. The van der Waals surface area contributed by atoms with Crippen LogP contribution in [0.15, 0.2) is 33.8 Å². The van der Waals surface area contributed by atoms with Crippen molar-refractivity contribution in [3.05, 3.63) is 58.3 Å². The van der Waals surface area contributed by atoms with Crippen LogP contribution in [-0.4, -0.2) is 61.8 Å². The fourth-order valence-corrected chi connectivity index (χ4v) is 4.23. The predicted octanol–water partition coefficient (Wildman–Crippen LogP) is 2.65. The second kappa shape index (κ2) is 10.7. The van der Waals surface area contributed by atoms with E-state index in [0.717, 1.165) is 51.3 Å². The van der Waals surface area contributed by atoms with Gasteiger partial charge in [0, 0.05) is 37.2 Å². The number of benzene rings is 1. The molecule has 0 atom stereocenters. The number of hydrazone groups is 1. The van der Waals surface area contributed by atoms with Crippen molar-refractivity contribution in [3.8, 4) is 0 Å². The highest BCUT2D eigenvalue weighted by molar-refractivity contribution is 6.07. The van der Waals surface area contributed by atoms with Gasteiger partial charge in [0.05, 0.1) is 24.5 Å². The van der Waals surface area contributed by atoms with E-state index in [-0.39, 0.29) is 17.2 Å². The lowest BCUT2D eigenvalue weighted by atomic mass is 9.93. The summed E-state index contributed by atoms with van der Waals surface area (Å²) in [6.45, 7) is 6.66. The van der Waals surface area contributed by atoms with E-state index in [0.29, 0.717) is 36.4 Å². The smallest absolute Gasteiger partial charge is 0.287 e. The van der Waals surface area contributed by atoms with E-state index >= 15 is 0 Å². The van der Waals surface area contributed by atoms with Gasteiger partial charge in [-0.3, -0.25) is 14.5 Å². The van der Waals surface area contributed by atoms with Crippen molar-refractivity contribution in [1.82, 2.24) is 15.6 Å². The molecule has 1 aliphatic heterocycles. The van der Waals surface area contributed by atoms with E-state index in [1.54, 1.807) is 6.07 Å². The SMILES string of the molecule is Cc1c(C(=O)NCCCN2CCOCC2)oc2c1/C(=N/NC(=O)c1ccccc1F)CCC2. The zero-order valence-corrected chi connectivity index (χ0v) is 18.8. The van der Waals surface area contributed by atoms with Crippen LogP contribution >= 0.6 is 0 Å². The molecule has 4 rings (SSSR count). The molecule has 1 aromatic carbocycles. The lowest BCUT2D eigenvalue weighted by Gasteiger charge is -2.26. The molecule has 0 spiro atoms. The van der Waals surface area contributed by atoms with Gasteiger partial charge in [0.15, 0.2) is 5.76 Å². The Morgan fingerprint density at radius 2 is 1.94 bits per heavy atom. The number of aryl methyl sites for hydroxylation is 1. The topological polar surface area (TPSA) is 96.2 Å². The Kier molecular flexibility index (Phi) is 7.51. The molecule has 0 bridgehead atoms. The summed E-state index contributed by atoms with van der Waals surface area (Å²) in [4.78, 5) is 27.4. The maximum atomic E-state index is 13.9. The van der Waals surface area contributed by atoms with Crippen molar-refractivity contribution in [1.29, 1.82) is 0 Å². The standard InChI is InChI=1S/C24H29FN4O4/c1-16-21-19(27-28-23(30)17-6-2-3-7-18(17)25)8-4-9-20(21)33-22(16)24(31)26-10-5-11-29-12-14-32-15-13-29/h2-3,6-7H,4-5,8-15H2,1H3,(H,26,31)(H,28,30)/b27-19+. The molecule has 1 aromatic heterocycles. The van der Waals surface area contributed by atoms with Crippen LogP contribution in [0, 0.1) is 12.7 Å². The summed E-state index contributed by atoms with van der Waals surface area (Å²) < 4.78 is 25.1. The van der Waals surface area contributed by atoms with Crippen LogP contribution in [0.25, 0.3) is 0 Å². The van der Waals surface area contributed by atoms with E-state index in [9.17, 15) is 14.0 Å². The van der Waals surface area contributed by atoms with Crippen molar-refractivity contribution < 1.29 is 23.1 Å². The van der Waals surface area contributed by atoms with Gasteiger partial charge in [-0.15, -0.1) is 0 Å². The number of nitrogens with zero attached hydrogens (tertiary/aromatic N) is 2. The molecular formula is C24H29FN4O4. The van der Waals surface area contributed by atoms with Gasteiger partial charge in [0.25, 0.3) is 11.8 Å².